The summed E-state index contributed by atoms with van der Waals surface area (Å²) in [5.74, 6) is 1.56. The summed E-state index contributed by atoms with van der Waals surface area (Å²) in [6, 6.07) is 7.57. The van der Waals surface area contributed by atoms with Gasteiger partial charge in [-0.25, -0.2) is 0 Å². The normalized spacial score (nSPS) is 24.4. The van der Waals surface area contributed by atoms with Crippen molar-refractivity contribution in [3.8, 4) is 5.75 Å². The number of ether oxygens (including phenoxy) is 2. The zero-order valence-corrected chi connectivity index (χ0v) is 12.8. The second-order valence-corrected chi connectivity index (χ2v) is 6.07. The van der Waals surface area contributed by atoms with Gasteiger partial charge in [0.2, 0.25) is 5.91 Å². The standard InChI is InChI=1S/C17H24N2O3/c20-17(6-1-13-7-9-18-11-13)19-14-2-4-15(5-3-14)22-16-8-10-21-12-16/h2-5,13,16,18H,1,6-12H2,(H,19,20). The zero-order chi connectivity index (χ0) is 15.2. The molecule has 2 aliphatic rings. The van der Waals surface area contributed by atoms with Crippen LogP contribution in [0.15, 0.2) is 24.3 Å². The fraction of sp³-hybridized carbons (Fsp3) is 0.588. The third-order valence-corrected chi connectivity index (χ3v) is 4.27. The molecule has 0 radical (unpaired) electrons. The van der Waals surface area contributed by atoms with Crippen LogP contribution in [0.4, 0.5) is 5.69 Å². The minimum absolute atomic E-state index is 0.0877. The van der Waals surface area contributed by atoms with E-state index in [9.17, 15) is 4.79 Å². The molecule has 5 heteroatoms. The highest BCUT2D eigenvalue weighted by Crippen LogP contribution is 2.20. The molecule has 0 aromatic heterocycles. The van der Waals surface area contributed by atoms with Crippen molar-refractivity contribution in [2.75, 3.05) is 31.6 Å². The Morgan fingerprint density at radius 1 is 1.32 bits per heavy atom. The summed E-state index contributed by atoms with van der Waals surface area (Å²) in [5, 5.41) is 6.27. The molecule has 3 rings (SSSR count). The lowest BCUT2D eigenvalue weighted by Crippen LogP contribution is -2.16. The highest BCUT2D eigenvalue weighted by atomic mass is 16.5. The first-order valence-electron chi connectivity index (χ1n) is 8.14. The van der Waals surface area contributed by atoms with Crippen molar-refractivity contribution in [3.05, 3.63) is 24.3 Å². The van der Waals surface area contributed by atoms with E-state index in [1.807, 2.05) is 24.3 Å². The summed E-state index contributed by atoms with van der Waals surface area (Å²) in [6.45, 7) is 3.56. The first-order valence-corrected chi connectivity index (χ1v) is 8.14. The molecule has 0 aliphatic carbocycles. The van der Waals surface area contributed by atoms with Crippen molar-refractivity contribution in [1.82, 2.24) is 5.32 Å². The lowest BCUT2D eigenvalue weighted by molar-refractivity contribution is -0.116. The predicted octanol–water partition coefficient (Wildman–Crippen LogP) is 2.18. The van der Waals surface area contributed by atoms with Gasteiger partial charge >= 0.3 is 0 Å². The molecule has 2 saturated heterocycles. The van der Waals surface area contributed by atoms with E-state index in [-0.39, 0.29) is 12.0 Å². The molecule has 5 nitrogen and oxygen atoms in total. The summed E-state index contributed by atoms with van der Waals surface area (Å²) in [7, 11) is 0. The van der Waals surface area contributed by atoms with E-state index in [1.54, 1.807) is 0 Å². The molecule has 0 spiro atoms. The number of anilines is 1. The topological polar surface area (TPSA) is 59.6 Å². The Balaban J connectivity index is 1.42. The largest absolute Gasteiger partial charge is 0.488 e. The van der Waals surface area contributed by atoms with Crippen LogP contribution in [0, 0.1) is 5.92 Å². The molecule has 1 amide bonds. The van der Waals surface area contributed by atoms with Gasteiger partial charge < -0.3 is 20.1 Å². The number of carbonyl (C=O) groups excluding carboxylic acids is 1. The van der Waals surface area contributed by atoms with E-state index in [1.165, 1.54) is 6.42 Å². The lowest BCUT2D eigenvalue weighted by atomic mass is 10.0. The number of hydrogen-bond donors (Lipinski definition) is 2. The van der Waals surface area contributed by atoms with Crippen LogP contribution in [0.3, 0.4) is 0 Å². The fourth-order valence-electron chi connectivity index (χ4n) is 2.93. The zero-order valence-electron chi connectivity index (χ0n) is 12.8. The summed E-state index contributed by atoms with van der Waals surface area (Å²) in [6.07, 6.45) is 3.82. The number of nitrogens with one attached hydrogen (secondary N) is 2. The monoisotopic (exact) mass is 304 g/mol. The Labute approximate surface area is 131 Å². The van der Waals surface area contributed by atoms with Crippen LogP contribution in [-0.2, 0) is 9.53 Å². The first-order chi connectivity index (χ1) is 10.8. The summed E-state index contributed by atoms with van der Waals surface area (Å²) < 4.78 is 11.1. The number of hydrogen-bond acceptors (Lipinski definition) is 4. The highest BCUT2D eigenvalue weighted by Gasteiger charge is 2.17. The van der Waals surface area contributed by atoms with E-state index >= 15 is 0 Å². The maximum absolute atomic E-state index is 12.0. The third-order valence-electron chi connectivity index (χ3n) is 4.27. The van der Waals surface area contributed by atoms with E-state index in [4.69, 9.17) is 9.47 Å². The highest BCUT2D eigenvalue weighted by molar-refractivity contribution is 5.90. The molecule has 2 unspecified atom stereocenters. The van der Waals surface area contributed by atoms with Crippen LogP contribution in [0.2, 0.25) is 0 Å². The molecule has 0 saturated carbocycles. The van der Waals surface area contributed by atoms with Crippen molar-refractivity contribution in [2.45, 2.75) is 31.8 Å². The average molecular weight is 304 g/mol. The number of amides is 1. The van der Waals surface area contributed by atoms with Crippen LogP contribution < -0.4 is 15.4 Å². The SMILES string of the molecule is O=C(CCC1CCNC1)Nc1ccc(OC2CCOC2)cc1. The summed E-state index contributed by atoms with van der Waals surface area (Å²) >= 11 is 0. The van der Waals surface area contributed by atoms with Crippen LogP contribution in [0.25, 0.3) is 0 Å². The fourth-order valence-corrected chi connectivity index (χ4v) is 2.93. The average Bonchev–Trinajstić information content (AvgIpc) is 3.20. The molecule has 2 N–H and O–H groups in total. The second kappa shape index (κ2) is 7.61. The number of carbonyl (C=O) groups is 1. The van der Waals surface area contributed by atoms with Crippen molar-refractivity contribution < 1.29 is 14.3 Å². The Kier molecular flexibility index (Phi) is 5.29. The minimum atomic E-state index is 0.0877. The smallest absolute Gasteiger partial charge is 0.224 e. The van der Waals surface area contributed by atoms with Crippen LogP contribution in [-0.4, -0.2) is 38.3 Å². The molecule has 2 aliphatic heterocycles. The van der Waals surface area contributed by atoms with E-state index in [0.717, 1.165) is 44.0 Å². The van der Waals surface area contributed by atoms with Gasteiger partial charge in [-0.2, -0.15) is 0 Å². The van der Waals surface area contributed by atoms with E-state index < -0.39 is 0 Å². The summed E-state index contributed by atoms with van der Waals surface area (Å²) in [5.41, 5.74) is 0.824. The van der Waals surface area contributed by atoms with Gasteiger partial charge in [0.15, 0.2) is 0 Å². The Morgan fingerprint density at radius 2 is 2.18 bits per heavy atom. The third kappa shape index (κ3) is 4.45. The van der Waals surface area contributed by atoms with Crippen molar-refractivity contribution in [2.24, 2.45) is 5.92 Å². The molecule has 1 aromatic rings. The lowest BCUT2D eigenvalue weighted by Gasteiger charge is -2.12. The Hall–Kier alpha value is -1.59. The molecule has 1 aromatic carbocycles. The van der Waals surface area contributed by atoms with Gasteiger partial charge in [-0.15, -0.1) is 0 Å². The molecule has 2 atom stereocenters. The van der Waals surface area contributed by atoms with Crippen LogP contribution >= 0.6 is 0 Å². The predicted molar refractivity (Wildman–Crippen MR) is 85.1 cm³/mol. The Bertz CT molecular complexity index is 477. The maximum atomic E-state index is 12.0. The molecule has 0 bridgehead atoms. The quantitative estimate of drug-likeness (QED) is 0.846. The van der Waals surface area contributed by atoms with E-state index in [2.05, 4.69) is 10.6 Å². The number of benzene rings is 1. The van der Waals surface area contributed by atoms with Gasteiger partial charge in [0.25, 0.3) is 0 Å². The molecular weight excluding hydrogens is 280 g/mol. The van der Waals surface area contributed by atoms with Gasteiger partial charge in [-0.3, -0.25) is 4.79 Å². The molecule has 2 fully saturated rings. The van der Waals surface area contributed by atoms with Crippen LogP contribution in [0.1, 0.15) is 25.7 Å². The maximum Gasteiger partial charge on any atom is 0.224 e. The first kappa shape index (κ1) is 15.3. The molecule has 2 heterocycles. The summed E-state index contributed by atoms with van der Waals surface area (Å²) in [4.78, 5) is 12.0. The molecule has 22 heavy (non-hydrogen) atoms. The molecular formula is C17H24N2O3. The van der Waals surface area contributed by atoms with Crippen molar-refractivity contribution in [1.29, 1.82) is 0 Å². The Morgan fingerprint density at radius 3 is 2.86 bits per heavy atom. The van der Waals surface area contributed by atoms with Gasteiger partial charge in [0.1, 0.15) is 11.9 Å². The van der Waals surface area contributed by atoms with Gasteiger partial charge in [-0.05, 0) is 56.1 Å². The second-order valence-electron chi connectivity index (χ2n) is 6.07. The number of rotatable bonds is 6. The van der Waals surface area contributed by atoms with Crippen molar-refractivity contribution in [3.63, 3.8) is 0 Å². The van der Waals surface area contributed by atoms with Gasteiger partial charge in [0, 0.05) is 18.5 Å². The van der Waals surface area contributed by atoms with E-state index in [0.29, 0.717) is 18.9 Å². The van der Waals surface area contributed by atoms with Gasteiger partial charge in [-0.1, -0.05) is 0 Å². The van der Waals surface area contributed by atoms with Crippen molar-refractivity contribution >= 4 is 11.6 Å². The van der Waals surface area contributed by atoms with Gasteiger partial charge in [0.05, 0.1) is 13.2 Å². The van der Waals surface area contributed by atoms with Crippen LogP contribution in [0.5, 0.6) is 5.75 Å². The molecule has 120 valence electrons. The minimum Gasteiger partial charge on any atom is -0.488 e.